The van der Waals surface area contributed by atoms with Crippen LogP contribution in [0.1, 0.15) is 6.92 Å². The normalized spacial score (nSPS) is 10.8. The summed E-state index contributed by atoms with van der Waals surface area (Å²) in [4.78, 5) is 4.57. The van der Waals surface area contributed by atoms with Crippen LogP contribution >= 0.6 is 0 Å². The van der Waals surface area contributed by atoms with Gasteiger partial charge in [0.05, 0.1) is 6.61 Å². The minimum absolute atomic E-state index is 0.643. The number of aromatic nitrogens is 2. The molecular formula is C15H15N3O. The fraction of sp³-hybridized carbons (Fsp3) is 0.133. The molecule has 4 heteroatoms. The molecule has 0 amide bonds. The van der Waals surface area contributed by atoms with E-state index in [9.17, 15) is 0 Å². The number of rotatable bonds is 3. The van der Waals surface area contributed by atoms with Crippen LogP contribution in [0.3, 0.4) is 0 Å². The molecule has 0 atom stereocenters. The van der Waals surface area contributed by atoms with Crippen molar-refractivity contribution in [3.8, 4) is 17.0 Å². The molecule has 3 aromatic rings. The van der Waals surface area contributed by atoms with Crippen LogP contribution in [-0.4, -0.2) is 16.0 Å². The molecule has 0 spiro atoms. The Labute approximate surface area is 111 Å². The molecule has 0 saturated heterocycles. The Morgan fingerprint density at radius 2 is 2.11 bits per heavy atom. The van der Waals surface area contributed by atoms with E-state index in [0.29, 0.717) is 12.4 Å². The number of ether oxygens (including phenoxy) is 1. The monoisotopic (exact) mass is 253 g/mol. The van der Waals surface area contributed by atoms with Gasteiger partial charge in [-0.05, 0) is 31.2 Å². The Balaban J connectivity index is 2.13. The van der Waals surface area contributed by atoms with Crippen molar-refractivity contribution >= 4 is 11.5 Å². The van der Waals surface area contributed by atoms with Crippen molar-refractivity contribution in [2.24, 2.45) is 0 Å². The summed E-state index contributed by atoms with van der Waals surface area (Å²) < 4.78 is 7.38. The third-order valence-corrected chi connectivity index (χ3v) is 2.99. The number of pyridine rings is 1. The van der Waals surface area contributed by atoms with Crippen molar-refractivity contribution < 1.29 is 4.74 Å². The first-order valence-corrected chi connectivity index (χ1v) is 6.25. The molecule has 2 heterocycles. The zero-order valence-corrected chi connectivity index (χ0v) is 10.7. The number of benzene rings is 1. The highest BCUT2D eigenvalue weighted by atomic mass is 16.5. The summed E-state index contributed by atoms with van der Waals surface area (Å²) in [5.41, 5.74) is 8.75. The first-order chi connectivity index (χ1) is 9.29. The summed E-state index contributed by atoms with van der Waals surface area (Å²) in [6, 6.07) is 13.6. The van der Waals surface area contributed by atoms with Crippen LogP contribution in [0.15, 0.2) is 48.7 Å². The maximum Gasteiger partial charge on any atom is 0.139 e. The standard InChI is InChI=1S/C15H15N3O/c1-2-19-12-7-5-6-11(10-12)14-15(16)18-9-4-3-8-13(18)17-14/h3-10H,2,16H2,1H3. The SMILES string of the molecule is CCOc1cccc(-c2nc3ccccn3c2N)c1. The van der Waals surface area contributed by atoms with E-state index in [1.807, 2.05) is 60.0 Å². The highest BCUT2D eigenvalue weighted by Crippen LogP contribution is 2.28. The van der Waals surface area contributed by atoms with Gasteiger partial charge in [-0.15, -0.1) is 0 Å². The highest BCUT2D eigenvalue weighted by molar-refractivity contribution is 5.75. The number of imidazole rings is 1. The summed E-state index contributed by atoms with van der Waals surface area (Å²) >= 11 is 0. The van der Waals surface area contributed by atoms with Crippen LogP contribution in [0, 0.1) is 0 Å². The van der Waals surface area contributed by atoms with Crippen molar-refractivity contribution in [1.82, 2.24) is 9.38 Å². The van der Waals surface area contributed by atoms with Crippen LogP contribution in [0.2, 0.25) is 0 Å². The Bertz CT molecular complexity index is 718. The fourth-order valence-corrected chi connectivity index (χ4v) is 2.13. The minimum Gasteiger partial charge on any atom is -0.494 e. The second kappa shape index (κ2) is 4.65. The lowest BCUT2D eigenvalue weighted by Crippen LogP contribution is -1.94. The van der Waals surface area contributed by atoms with Gasteiger partial charge in [0.1, 0.15) is 22.9 Å². The van der Waals surface area contributed by atoms with Crippen LogP contribution in [0.25, 0.3) is 16.9 Å². The molecular weight excluding hydrogens is 238 g/mol. The van der Waals surface area contributed by atoms with E-state index in [1.54, 1.807) is 0 Å². The smallest absolute Gasteiger partial charge is 0.139 e. The Kier molecular flexibility index (Phi) is 2.83. The molecule has 0 aliphatic rings. The van der Waals surface area contributed by atoms with Gasteiger partial charge in [0, 0.05) is 11.8 Å². The van der Waals surface area contributed by atoms with E-state index in [4.69, 9.17) is 10.5 Å². The summed E-state index contributed by atoms with van der Waals surface area (Å²) in [5, 5.41) is 0. The van der Waals surface area contributed by atoms with Crippen molar-refractivity contribution in [2.75, 3.05) is 12.3 Å². The van der Waals surface area contributed by atoms with Gasteiger partial charge in [-0.25, -0.2) is 4.98 Å². The Morgan fingerprint density at radius 3 is 2.89 bits per heavy atom. The first kappa shape index (κ1) is 11.6. The van der Waals surface area contributed by atoms with Crippen LogP contribution < -0.4 is 10.5 Å². The van der Waals surface area contributed by atoms with Crippen LogP contribution in [0.4, 0.5) is 5.82 Å². The highest BCUT2D eigenvalue weighted by Gasteiger charge is 2.11. The zero-order valence-electron chi connectivity index (χ0n) is 10.7. The number of anilines is 1. The van der Waals surface area contributed by atoms with Crippen molar-refractivity contribution in [1.29, 1.82) is 0 Å². The van der Waals surface area contributed by atoms with Crippen LogP contribution in [-0.2, 0) is 0 Å². The minimum atomic E-state index is 0.643. The molecule has 2 N–H and O–H groups in total. The van der Waals surface area contributed by atoms with Gasteiger partial charge in [0.2, 0.25) is 0 Å². The summed E-state index contributed by atoms with van der Waals surface area (Å²) in [6.07, 6.45) is 1.91. The molecule has 96 valence electrons. The predicted molar refractivity (Wildman–Crippen MR) is 76.2 cm³/mol. The Hall–Kier alpha value is -2.49. The second-order valence-electron chi connectivity index (χ2n) is 4.24. The third kappa shape index (κ3) is 2.01. The molecule has 0 bridgehead atoms. The molecule has 0 radical (unpaired) electrons. The third-order valence-electron chi connectivity index (χ3n) is 2.99. The van der Waals surface area contributed by atoms with E-state index < -0.39 is 0 Å². The molecule has 1 aromatic carbocycles. The molecule has 2 aromatic heterocycles. The van der Waals surface area contributed by atoms with E-state index >= 15 is 0 Å². The largest absolute Gasteiger partial charge is 0.494 e. The lowest BCUT2D eigenvalue weighted by atomic mass is 10.1. The molecule has 4 nitrogen and oxygen atoms in total. The van der Waals surface area contributed by atoms with Crippen molar-refractivity contribution in [3.05, 3.63) is 48.7 Å². The molecule has 0 aliphatic heterocycles. The average molecular weight is 253 g/mol. The van der Waals surface area contributed by atoms with Gasteiger partial charge < -0.3 is 10.5 Å². The number of nitrogens with zero attached hydrogens (tertiary/aromatic N) is 2. The molecule has 19 heavy (non-hydrogen) atoms. The van der Waals surface area contributed by atoms with Gasteiger partial charge >= 0.3 is 0 Å². The number of hydrogen-bond acceptors (Lipinski definition) is 3. The van der Waals surface area contributed by atoms with E-state index in [-0.39, 0.29) is 0 Å². The van der Waals surface area contributed by atoms with E-state index in [2.05, 4.69) is 4.98 Å². The van der Waals surface area contributed by atoms with Crippen molar-refractivity contribution in [3.63, 3.8) is 0 Å². The van der Waals surface area contributed by atoms with Gasteiger partial charge in [-0.2, -0.15) is 0 Å². The first-order valence-electron chi connectivity index (χ1n) is 6.25. The van der Waals surface area contributed by atoms with E-state index in [0.717, 1.165) is 22.7 Å². The van der Waals surface area contributed by atoms with Gasteiger partial charge in [-0.1, -0.05) is 18.2 Å². The van der Waals surface area contributed by atoms with Crippen LogP contribution in [0.5, 0.6) is 5.75 Å². The quantitative estimate of drug-likeness (QED) is 0.780. The predicted octanol–water partition coefficient (Wildman–Crippen LogP) is 2.98. The number of nitrogen functional groups attached to an aromatic ring is 1. The maximum atomic E-state index is 6.15. The number of fused-ring (bicyclic) bond motifs is 1. The molecule has 0 fully saturated rings. The Morgan fingerprint density at radius 1 is 1.21 bits per heavy atom. The lowest BCUT2D eigenvalue weighted by molar-refractivity contribution is 0.340. The van der Waals surface area contributed by atoms with E-state index in [1.165, 1.54) is 0 Å². The summed E-state index contributed by atoms with van der Waals surface area (Å²) in [6.45, 7) is 2.61. The molecule has 3 rings (SSSR count). The zero-order chi connectivity index (χ0) is 13.2. The summed E-state index contributed by atoms with van der Waals surface area (Å²) in [5.74, 6) is 1.47. The average Bonchev–Trinajstić information content (AvgIpc) is 2.78. The lowest BCUT2D eigenvalue weighted by Gasteiger charge is -2.05. The molecule has 0 unspecified atom stereocenters. The number of hydrogen-bond donors (Lipinski definition) is 1. The van der Waals surface area contributed by atoms with Gasteiger partial charge in [-0.3, -0.25) is 4.40 Å². The van der Waals surface area contributed by atoms with Crippen molar-refractivity contribution in [2.45, 2.75) is 6.92 Å². The van der Waals surface area contributed by atoms with Gasteiger partial charge in [0.15, 0.2) is 0 Å². The number of nitrogens with two attached hydrogens (primary N) is 1. The fourth-order valence-electron chi connectivity index (χ4n) is 2.13. The second-order valence-corrected chi connectivity index (χ2v) is 4.24. The molecule has 0 saturated carbocycles. The topological polar surface area (TPSA) is 52.5 Å². The summed E-state index contributed by atoms with van der Waals surface area (Å²) in [7, 11) is 0. The van der Waals surface area contributed by atoms with Gasteiger partial charge in [0.25, 0.3) is 0 Å². The maximum absolute atomic E-state index is 6.15. The molecule has 0 aliphatic carbocycles.